The van der Waals surface area contributed by atoms with Crippen molar-refractivity contribution < 1.29 is 18.7 Å². The van der Waals surface area contributed by atoms with E-state index in [1.165, 1.54) is 6.07 Å². The molecule has 5 heteroatoms. The van der Waals surface area contributed by atoms with Crippen molar-refractivity contribution in [3.63, 3.8) is 0 Å². The molecule has 1 aromatic carbocycles. The smallest absolute Gasteiger partial charge is 0.251 e. The second kappa shape index (κ2) is 8.99. The average molecular weight is 323 g/mol. The van der Waals surface area contributed by atoms with Crippen LogP contribution in [0.1, 0.15) is 32.3 Å². The molecule has 0 N–H and O–H groups in total. The van der Waals surface area contributed by atoms with Crippen molar-refractivity contribution in [2.24, 2.45) is 0 Å². The van der Waals surface area contributed by atoms with E-state index in [2.05, 4.69) is 0 Å². The minimum Gasteiger partial charge on any atom is -0.379 e. The minimum absolute atomic E-state index is 0.0143. The molecule has 1 aromatic rings. The summed E-state index contributed by atoms with van der Waals surface area (Å²) in [7, 11) is 0. The quantitative estimate of drug-likeness (QED) is 0.691. The van der Waals surface area contributed by atoms with Crippen molar-refractivity contribution in [3.8, 4) is 0 Å². The lowest BCUT2D eigenvalue weighted by molar-refractivity contribution is -0.144. The fraction of sp³-hybridized carbons (Fsp3) is 0.611. The standard InChI is InChI=1S/C18H26FNO3/c1-3-22-10-11-23-14(2)18(21)20-9-5-8-17(20)13-15-6-4-7-16(19)12-15/h4,6-7,12,14,17H,3,5,8-11,13H2,1-2H3. The van der Waals surface area contributed by atoms with Gasteiger partial charge in [-0.05, 0) is 50.8 Å². The second-order valence-corrected chi connectivity index (χ2v) is 5.87. The van der Waals surface area contributed by atoms with Gasteiger partial charge in [0.05, 0.1) is 13.2 Å². The summed E-state index contributed by atoms with van der Waals surface area (Å²) in [6, 6.07) is 6.73. The molecular formula is C18H26FNO3. The second-order valence-electron chi connectivity index (χ2n) is 5.87. The molecule has 2 unspecified atom stereocenters. The van der Waals surface area contributed by atoms with Gasteiger partial charge in [-0.15, -0.1) is 0 Å². The first-order chi connectivity index (χ1) is 11.1. The van der Waals surface area contributed by atoms with Gasteiger partial charge in [-0.1, -0.05) is 12.1 Å². The predicted molar refractivity (Wildman–Crippen MR) is 86.7 cm³/mol. The number of likely N-dealkylation sites (tertiary alicyclic amines) is 1. The Labute approximate surface area is 137 Å². The van der Waals surface area contributed by atoms with Crippen LogP contribution in [-0.4, -0.2) is 49.3 Å². The summed E-state index contributed by atoms with van der Waals surface area (Å²) in [5, 5.41) is 0. The SMILES string of the molecule is CCOCCOC(C)C(=O)N1CCCC1Cc1cccc(F)c1. The first kappa shape index (κ1) is 17.9. The highest BCUT2D eigenvalue weighted by molar-refractivity contribution is 5.81. The fourth-order valence-electron chi connectivity index (χ4n) is 3.01. The van der Waals surface area contributed by atoms with E-state index in [1.807, 2.05) is 17.9 Å². The lowest BCUT2D eigenvalue weighted by Gasteiger charge is -2.27. The van der Waals surface area contributed by atoms with Crippen molar-refractivity contribution in [1.29, 1.82) is 0 Å². The lowest BCUT2D eigenvalue weighted by atomic mass is 10.0. The summed E-state index contributed by atoms with van der Waals surface area (Å²) >= 11 is 0. The summed E-state index contributed by atoms with van der Waals surface area (Å²) in [5.41, 5.74) is 0.930. The van der Waals surface area contributed by atoms with Gasteiger partial charge in [0.25, 0.3) is 5.91 Å². The highest BCUT2D eigenvalue weighted by Crippen LogP contribution is 2.22. The summed E-state index contributed by atoms with van der Waals surface area (Å²) in [6.07, 6.45) is 2.16. The molecule has 0 spiro atoms. The molecule has 1 amide bonds. The van der Waals surface area contributed by atoms with Crippen molar-refractivity contribution in [1.82, 2.24) is 4.90 Å². The number of nitrogens with zero attached hydrogens (tertiary/aromatic N) is 1. The van der Waals surface area contributed by atoms with Gasteiger partial charge in [0.2, 0.25) is 0 Å². The van der Waals surface area contributed by atoms with Crippen molar-refractivity contribution in [2.45, 2.75) is 45.3 Å². The minimum atomic E-state index is -0.469. The number of halogens is 1. The Morgan fingerprint density at radius 1 is 1.43 bits per heavy atom. The largest absolute Gasteiger partial charge is 0.379 e. The van der Waals surface area contributed by atoms with E-state index in [-0.39, 0.29) is 17.8 Å². The van der Waals surface area contributed by atoms with Gasteiger partial charge in [-0.2, -0.15) is 0 Å². The zero-order valence-electron chi connectivity index (χ0n) is 14.0. The molecular weight excluding hydrogens is 297 g/mol. The lowest BCUT2D eigenvalue weighted by Crippen LogP contribution is -2.43. The van der Waals surface area contributed by atoms with E-state index in [0.29, 0.717) is 26.2 Å². The number of ether oxygens (including phenoxy) is 2. The third-order valence-electron chi connectivity index (χ3n) is 4.17. The van der Waals surface area contributed by atoms with E-state index < -0.39 is 6.10 Å². The maximum absolute atomic E-state index is 13.3. The van der Waals surface area contributed by atoms with E-state index in [4.69, 9.17) is 9.47 Å². The number of hydrogen-bond donors (Lipinski definition) is 0. The third-order valence-corrected chi connectivity index (χ3v) is 4.17. The van der Waals surface area contributed by atoms with Crippen LogP contribution in [0.4, 0.5) is 4.39 Å². The average Bonchev–Trinajstić information content (AvgIpc) is 2.98. The summed E-state index contributed by atoms with van der Waals surface area (Å²) < 4.78 is 24.1. The number of carbonyl (C=O) groups is 1. The zero-order valence-corrected chi connectivity index (χ0v) is 14.0. The molecule has 4 nitrogen and oxygen atoms in total. The van der Waals surface area contributed by atoms with Gasteiger partial charge >= 0.3 is 0 Å². The van der Waals surface area contributed by atoms with Gasteiger partial charge in [-0.3, -0.25) is 4.79 Å². The van der Waals surface area contributed by atoms with Crippen LogP contribution < -0.4 is 0 Å². The molecule has 0 bridgehead atoms. The Balaban J connectivity index is 1.88. The first-order valence-electron chi connectivity index (χ1n) is 8.36. The van der Waals surface area contributed by atoms with E-state index in [9.17, 15) is 9.18 Å². The molecule has 0 aliphatic carbocycles. The summed E-state index contributed by atoms with van der Waals surface area (Å²) in [4.78, 5) is 14.4. The van der Waals surface area contributed by atoms with Crippen LogP contribution in [0.25, 0.3) is 0 Å². The third kappa shape index (κ3) is 5.29. The molecule has 1 fully saturated rings. The monoisotopic (exact) mass is 323 g/mol. The number of carbonyl (C=O) groups excluding carboxylic acids is 1. The van der Waals surface area contributed by atoms with Gasteiger partial charge < -0.3 is 14.4 Å². The molecule has 1 aliphatic rings. The highest BCUT2D eigenvalue weighted by Gasteiger charge is 2.31. The van der Waals surface area contributed by atoms with Crippen molar-refractivity contribution in [2.75, 3.05) is 26.4 Å². The van der Waals surface area contributed by atoms with E-state index in [0.717, 1.165) is 24.9 Å². The topological polar surface area (TPSA) is 38.8 Å². The molecule has 0 radical (unpaired) electrons. The number of amides is 1. The molecule has 1 saturated heterocycles. The van der Waals surface area contributed by atoms with Gasteiger partial charge in [0, 0.05) is 19.2 Å². The maximum atomic E-state index is 13.3. The predicted octanol–water partition coefficient (Wildman–Crippen LogP) is 2.80. The van der Waals surface area contributed by atoms with Crippen LogP contribution in [0.2, 0.25) is 0 Å². The van der Waals surface area contributed by atoms with Gasteiger partial charge in [0.1, 0.15) is 11.9 Å². The van der Waals surface area contributed by atoms with Crippen LogP contribution in [0.15, 0.2) is 24.3 Å². The Kier molecular flexibility index (Phi) is 6.99. The summed E-state index contributed by atoms with van der Waals surface area (Å²) in [5.74, 6) is -0.216. The first-order valence-corrected chi connectivity index (χ1v) is 8.36. The summed E-state index contributed by atoms with van der Waals surface area (Å²) in [6.45, 7) is 6.02. The zero-order chi connectivity index (χ0) is 16.7. The Bertz CT molecular complexity index is 509. The van der Waals surface area contributed by atoms with Crippen LogP contribution in [0.3, 0.4) is 0 Å². The Morgan fingerprint density at radius 2 is 2.26 bits per heavy atom. The van der Waals surface area contributed by atoms with Crippen LogP contribution >= 0.6 is 0 Å². The fourth-order valence-corrected chi connectivity index (χ4v) is 3.01. The Morgan fingerprint density at radius 3 is 3.00 bits per heavy atom. The number of rotatable bonds is 8. The van der Waals surface area contributed by atoms with Crippen molar-refractivity contribution >= 4 is 5.91 Å². The molecule has 2 rings (SSSR count). The Hall–Kier alpha value is -1.46. The van der Waals surface area contributed by atoms with Crippen LogP contribution in [-0.2, 0) is 20.7 Å². The highest BCUT2D eigenvalue weighted by atomic mass is 19.1. The van der Waals surface area contributed by atoms with Crippen molar-refractivity contribution in [3.05, 3.63) is 35.6 Å². The molecule has 1 heterocycles. The molecule has 0 saturated carbocycles. The molecule has 23 heavy (non-hydrogen) atoms. The van der Waals surface area contributed by atoms with E-state index >= 15 is 0 Å². The molecule has 128 valence electrons. The van der Waals surface area contributed by atoms with Gasteiger partial charge in [0.15, 0.2) is 0 Å². The maximum Gasteiger partial charge on any atom is 0.251 e. The normalized spacial score (nSPS) is 19.1. The number of hydrogen-bond acceptors (Lipinski definition) is 3. The van der Waals surface area contributed by atoms with Crippen LogP contribution in [0.5, 0.6) is 0 Å². The molecule has 1 aliphatic heterocycles. The molecule has 0 aromatic heterocycles. The number of benzene rings is 1. The van der Waals surface area contributed by atoms with Gasteiger partial charge in [-0.25, -0.2) is 4.39 Å². The van der Waals surface area contributed by atoms with Crippen LogP contribution in [0, 0.1) is 5.82 Å². The molecule has 2 atom stereocenters. The van der Waals surface area contributed by atoms with E-state index in [1.54, 1.807) is 19.1 Å².